The first-order valence-corrected chi connectivity index (χ1v) is 5.41. The first kappa shape index (κ1) is 8.45. The lowest BCUT2D eigenvalue weighted by molar-refractivity contribution is 0.868. The Morgan fingerprint density at radius 1 is 1.58 bits per heavy atom. The van der Waals surface area contributed by atoms with Gasteiger partial charge in [-0.15, -0.1) is 21.8 Å². The summed E-state index contributed by atoms with van der Waals surface area (Å²) >= 11 is 7.55. The van der Waals surface area contributed by atoms with Gasteiger partial charge in [0.1, 0.15) is 10.0 Å². The minimum absolute atomic E-state index is 0.00491. The van der Waals surface area contributed by atoms with Crippen molar-refractivity contribution in [1.29, 1.82) is 0 Å². The zero-order valence-corrected chi connectivity index (χ0v) is 8.69. The summed E-state index contributed by atoms with van der Waals surface area (Å²) in [6, 6.07) is 0. The Balaban J connectivity index is 2.14. The fourth-order valence-corrected chi connectivity index (χ4v) is 2.42. The molecule has 1 saturated carbocycles. The third-order valence-electron chi connectivity index (χ3n) is 2.22. The number of halogens is 1. The summed E-state index contributed by atoms with van der Waals surface area (Å²) in [6.07, 6.45) is 1.27. The molecular formula is C8H11ClN2S. The molecule has 1 aliphatic rings. The Bertz CT molecular complexity index is 284. The average Bonchev–Trinajstić information content (AvgIpc) is 2.59. The fourth-order valence-electron chi connectivity index (χ4n) is 1.22. The van der Waals surface area contributed by atoms with E-state index in [9.17, 15) is 0 Å². The van der Waals surface area contributed by atoms with Crippen LogP contribution < -0.4 is 0 Å². The van der Waals surface area contributed by atoms with Gasteiger partial charge in [0.15, 0.2) is 0 Å². The zero-order chi connectivity index (χ0) is 8.72. The van der Waals surface area contributed by atoms with Gasteiger partial charge in [0, 0.05) is 5.92 Å². The molecule has 1 aromatic heterocycles. The molecule has 1 aliphatic carbocycles. The Morgan fingerprint density at radius 3 is 2.67 bits per heavy atom. The largest absolute Gasteiger partial charge is 0.143 e. The molecule has 1 aromatic rings. The van der Waals surface area contributed by atoms with E-state index in [-0.39, 0.29) is 5.38 Å². The molecule has 0 aliphatic heterocycles. The molecule has 2 rings (SSSR count). The number of hydrogen-bond acceptors (Lipinski definition) is 3. The van der Waals surface area contributed by atoms with Gasteiger partial charge in [-0.1, -0.05) is 18.3 Å². The van der Waals surface area contributed by atoms with Gasteiger partial charge in [-0.05, 0) is 19.3 Å². The molecule has 4 heteroatoms. The molecular weight excluding hydrogens is 192 g/mol. The van der Waals surface area contributed by atoms with E-state index in [1.807, 2.05) is 6.92 Å². The van der Waals surface area contributed by atoms with Crippen molar-refractivity contribution in [3.8, 4) is 0 Å². The number of hydrogen-bond donors (Lipinski definition) is 0. The molecule has 12 heavy (non-hydrogen) atoms. The van der Waals surface area contributed by atoms with Crippen molar-refractivity contribution in [2.45, 2.75) is 31.6 Å². The number of nitrogens with zero attached hydrogens (tertiary/aromatic N) is 2. The molecule has 1 heterocycles. The average molecular weight is 203 g/mol. The van der Waals surface area contributed by atoms with Crippen LogP contribution in [0.15, 0.2) is 0 Å². The van der Waals surface area contributed by atoms with Crippen LogP contribution in [0.4, 0.5) is 0 Å². The van der Waals surface area contributed by atoms with Gasteiger partial charge >= 0.3 is 0 Å². The van der Waals surface area contributed by atoms with Crippen LogP contribution in [0.1, 0.15) is 41.6 Å². The lowest BCUT2D eigenvalue weighted by Crippen LogP contribution is -1.81. The smallest absolute Gasteiger partial charge is 0.135 e. The van der Waals surface area contributed by atoms with Crippen LogP contribution in [0.25, 0.3) is 0 Å². The Labute approximate surface area is 81.0 Å². The van der Waals surface area contributed by atoms with Crippen molar-refractivity contribution in [3.63, 3.8) is 0 Å². The summed E-state index contributed by atoms with van der Waals surface area (Å²) in [7, 11) is 0. The van der Waals surface area contributed by atoms with E-state index in [0.29, 0.717) is 5.92 Å². The normalized spacial score (nSPS) is 30.2. The molecule has 1 fully saturated rings. The van der Waals surface area contributed by atoms with E-state index in [4.69, 9.17) is 11.6 Å². The van der Waals surface area contributed by atoms with Gasteiger partial charge in [-0.2, -0.15) is 0 Å². The predicted molar refractivity (Wildman–Crippen MR) is 50.7 cm³/mol. The monoisotopic (exact) mass is 202 g/mol. The summed E-state index contributed by atoms with van der Waals surface area (Å²) in [6.45, 7) is 4.18. The number of alkyl halides is 1. The second-order valence-corrected chi connectivity index (χ2v) is 5.11. The molecule has 66 valence electrons. The van der Waals surface area contributed by atoms with Crippen LogP contribution in [0.5, 0.6) is 0 Å². The van der Waals surface area contributed by atoms with Crippen LogP contribution >= 0.6 is 22.9 Å². The number of aromatic nitrogens is 2. The third kappa shape index (κ3) is 1.48. The second kappa shape index (κ2) is 2.96. The molecule has 0 spiro atoms. The number of rotatable bonds is 2. The Hall–Kier alpha value is -0.150. The standard InChI is InChI=1S/C8H11ClN2S/c1-4-3-6(4)8-11-10-7(12-8)5(2)9/h4-6H,3H2,1-2H3. The van der Waals surface area contributed by atoms with Crippen LogP contribution in [0.2, 0.25) is 0 Å². The lowest BCUT2D eigenvalue weighted by atomic mass is 10.4. The van der Waals surface area contributed by atoms with Gasteiger partial charge in [0.25, 0.3) is 0 Å². The van der Waals surface area contributed by atoms with Gasteiger partial charge in [0.05, 0.1) is 5.38 Å². The van der Waals surface area contributed by atoms with Crippen LogP contribution in [0, 0.1) is 5.92 Å². The minimum Gasteiger partial charge on any atom is -0.143 e. The van der Waals surface area contributed by atoms with Crippen LogP contribution in [0.3, 0.4) is 0 Å². The van der Waals surface area contributed by atoms with Gasteiger partial charge in [-0.3, -0.25) is 0 Å². The summed E-state index contributed by atoms with van der Waals surface area (Å²) in [5, 5.41) is 10.3. The van der Waals surface area contributed by atoms with Crippen molar-refractivity contribution in [1.82, 2.24) is 10.2 Å². The molecule has 0 N–H and O–H groups in total. The van der Waals surface area contributed by atoms with E-state index in [1.165, 1.54) is 11.4 Å². The van der Waals surface area contributed by atoms with Crippen molar-refractivity contribution < 1.29 is 0 Å². The van der Waals surface area contributed by atoms with Crippen molar-refractivity contribution >= 4 is 22.9 Å². The highest BCUT2D eigenvalue weighted by atomic mass is 35.5. The van der Waals surface area contributed by atoms with Crippen molar-refractivity contribution in [2.24, 2.45) is 5.92 Å². The second-order valence-electron chi connectivity index (χ2n) is 3.41. The van der Waals surface area contributed by atoms with Gasteiger partial charge in [0.2, 0.25) is 0 Å². The molecule has 0 radical (unpaired) electrons. The maximum atomic E-state index is 5.89. The highest BCUT2D eigenvalue weighted by Gasteiger charge is 2.37. The quantitative estimate of drug-likeness (QED) is 0.690. The molecule has 3 atom stereocenters. The highest BCUT2D eigenvalue weighted by molar-refractivity contribution is 7.11. The summed E-state index contributed by atoms with van der Waals surface area (Å²) in [5.74, 6) is 1.48. The fraction of sp³-hybridized carbons (Fsp3) is 0.750. The van der Waals surface area contributed by atoms with E-state index in [2.05, 4.69) is 17.1 Å². The predicted octanol–water partition coefficient (Wildman–Crippen LogP) is 2.96. The summed E-state index contributed by atoms with van der Waals surface area (Å²) < 4.78 is 0. The highest BCUT2D eigenvalue weighted by Crippen LogP contribution is 2.48. The first-order valence-electron chi connectivity index (χ1n) is 4.16. The van der Waals surface area contributed by atoms with Gasteiger partial charge in [-0.25, -0.2) is 0 Å². The molecule has 0 amide bonds. The Kier molecular flexibility index (Phi) is 2.09. The lowest BCUT2D eigenvalue weighted by Gasteiger charge is -1.91. The van der Waals surface area contributed by atoms with Gasteiger partial charge < -0.3 is 0 Å². The molecule has 0 saturated heterocycles. The van der Waals surface area contributed by atoms with E-state index in [1.54, 1.807) is 11.3 Å². The van der Waals surface area contributed by atoms with Crippen LogP contribution in [-0.4, -0.2) is 10.2 Å². The van der Waals surface area contributed by atoms with E-state index < -0.39 is 0 Å². The topological polar surface area (TPSA) is 25.8 Å². The van der Waals surface area contributed by atoms with Crippen molar-refractivity contribution in [2.75, 3.05) is 0 Å². The Morgan fingerprint density at radius 2 is 2.25 bits per heavy atom. The molecule has 2 nitrogen and oxygen atoms in total. The minimum atomic E-state index is 0.00491. The first-order chi connectivity index (χ1) is 5.68. The van der Waals surface area contributed by atoms with E-state index >= 15 is 0 Å². The third-order valence-corrected chi connectivity index (χ3v) is 3.80. The molecule has 0 bridgehead atoms. The van der Waals surface area contributed by atoms with Crippen LogP contribution in [-0.2, 0) is 0 Å². The maximum absolute atomic E-state index is 5.89. The summed E-state index contributed by atoms with van der Waals surface area (Å²) in [4.78, 5) is 0. The maximum Gasteiger partial charge on any atom is 0.135 e. The SMILES string of the molecule is CC(Cl)c1nnc(C2CC2C)s1. The zero-order valence-electron chi connectivity index (χ0n) is 7.12. The van der Waals surface area contributed by atoms with Crippen molar-refractivity contribution in [3.05, 3.63) is 10.0 Å². The molecule has 0 aromatic carbocycles. The summed E-state index contributed by atoms with van der Waals surface area (Å²) in [5.41, 5.74) is 0. The van der Waals surface area contributed by atoms with E-state index in [0.717, 1.165) is 10.9 Å². The molecule has 3 unspecified atom stereocenters.